The van der Waals surface area contributed by atoms with Gasteiger partial charge in [0.05, 0.1) is 0 Å². The molecule has 0 saturated heterocycles. The van der Waals surface area contributed by atoms with E-state index < -0.39 is 12.0 Å². The second-order valence-electron chi connectivity index (χ2n) is 3.85. The third kappa shape index (κ3) is 4.04. The molecule has 1 heterocycles. The number of pyridine rings is 1. The molecule has 98 valence electrons. The van der Waals surface area contributed by atoms with Gasteiger partial charge in [0.2, 0.25) is 5.91 Å². The number of nitrogens with zero attached hydrogens (tertiary/aromatic N) is 1. The lowest BCUT2D eigenvalue weighted by atomic mass is 10.2. The van der Waals surface area contributed by atoms with Crippen molar-refractivity contribution in [2.24, 2.45) is 0 Å². The Morgan fingerprint density at radius 1 is 1.44 bits per heavy atom. The molecule has 1 aromatic heterocycles. The number of carboxylic acid groups (broad SMARTS) is 1. The monoisotopic (exact) mass is 252 g/mol. The zero-order valence-corrected chi connectivity index (χ0v) is 10.1. The van der Waals surface area contributed by atoms with Crippen LogP contribution in [0.15, 0.2) is 29.2 Å². The highest BCUT2D eigenvalue weighted by Crippen LogP contribution is 1.94. The maximum atomic E-state index is 11.5. The molecule has 0 saturated carbocycles. The van der Waals surface area contributed by atoms with E-state index in [0.717, 1.165) is 0 Å². The predicted molar refractivity (Wildman–Crippen MR) is 65.2 cm³/mol. The first-order valence-electron chi connectivity index (χ1n) is 5.72. The first-order valence-corrected chi connectivity index (χ1v) is 5.72. The van der Waals surface area contributed by atoms with Crippen LogP contribution in [0.4, 0.5) is 0 Å². The molecule has 0 aliphatic rings. The van der Waals surface area contributed by atoms with Gasteiger partial charge in [0, 0.05) is 25.2 Å². The average Bonchev–Trinajstić information content (AvgIpc) is 2.34. The fraction of sp³-hybridized carbons (Fsp3) is 0.417. The summed E-state index contributed by atoms with van der Waals surface area (Å²) in [6, 6.07) is 3.86. The van der Waals surface area contributed by atoms with E-state index in [0.29, 0.717) is 6.42 Å². The number of hydrogen-bond acceptors (Lipinski definition) is 3. The molecular weight excluding hydrogens is 236 g/mol. The molecule has 0 unspecified atom stereocenters. The fourth-order valence-electron chi connectivity index (χ4n) is 1.47. The van der Waals surface area contributed by atoms with Gasteiger partial charge >= 0.3 is 5.97 Å². The first-order chi connectivity index (χ1) is 8.54. The van der Waals surface area contributed by atoms with E-state index in [1.54, 1.807) is 25.3 Å². The van der Waals surface area contributed by atoms with Crippen LogP contribution in [0.2, 0.25) is 0 Å². The van der Waals surface area contributed by atoms with Gasteiger partial charge in [0.15, 0.2) is 0 Å². The fourth-order valence-corrected chi connectivity index (χ4v) is 1.47. The maximum absolute atomic E-state index is 11.5. The van der Waals surface area contributed by atoms with Crippen LogP contribution in [-0.2, 0) is 16.1 Å². The summed E-state index contributed by atoms with van der Waals surface area (Å²) in [5, 5.41) is 11.2. The van der Waals surface area contributed by atoms with E-state index in [1.165, 1.54) is 10.6 Å². The molecule has 1 atom stereocenters. The Hall–Kier alpha value is -2.11. The van der Waals surface area contributed by atoms with Gasteiger partial charge in [-0.05, 0) is 12.5 Å². The summed E-state index contributed by atoms with van der Waals surface area (Å²) >= 11 is 0. The molecule has 2 N–H and O–H groups in total. The van der Waals surface area contributed by atoms with Crippen LogP contribution >= 0.6 is 0 Å². The Labute approximate surface area is 104 Å². The van der Waals surface area contributed by atoms with Crippen molar-refractivity contribution in [1.82, 2.24) is 9.88 Å². The van der Waals surface area contributed by atoms with E-state index in [2.05, 4.69) is 5.32 Å². The third-order valence-electron chi connectivity index (χ3n) is 2.52. The van der Waals surface area contributed by atoms with E-state index >= 15 is 0 Å². The van der Waals surface area contributed by atoms with E-state index in [1.807, 2.05) is 0 Å². The van der Waals surface area contributed by atoms with Crippen molar-refractivity contribution < 1.29 is 14.7 Å². The zero-order valence-electron chi connectivity index (χ0n) is 10.1. The molecule has 0 fully saturated rings. The van der Waals surface area contributed by atoms with Crippen molar-refractivity contribution in [3.8, 4) is 0 Å². The van der Waals surface area contributed by atoms with Crippen LogP contribution in [0.25, 0.3) is 0 Å². The number of hydrogen-bond donors (Lipinski definition) is 2. The number of nitrogens with one attached hydrogen (secondary N) is 1. The van der Waals surface area contributed by atoms with Crippen LogP contribution in [0.5, 0.6) is 0 Å². The van der Waals surface area contributed by atoms with Crippen molar-refractivity contribution in [2.75, 3.05) is 0 Å². The van der Waals surface area contributed by atoms with Gasteiger partial charge in [-0.25, -0.2) is 4.79 Å². The molecule has 6 heteroatoms. The van der Waals surface area contributed by atoms with E-state index in [4.69, 9.17) is 5.11 Å². The molecular formula is C12H16N2O4. The Morgan fingerprint density at radius 2 is 2.17 bits per heavy atom. The van der Waals surface area contributed by atoms with Gasteiger partial charge < -0.3 is 15.0 Å². The number of aryl methyl sites for hydroxylation is 1. The smallest absolute Gasteiger partial charge is 0.326 e. The van der Waals surface area contributed by atoms with Crippen molar-refractivity contribution in [1.29, 1.82) is 0 Å². The minimum Gasteiger partial charge on any atom is -0.480 e. The summed E-state index contributed by atoms with van der Waals surface area (Å²) in [6.07, 6.45) is 1.99. The highest BCUT2D eigenvalue weighted by atomic mass is 16.4. The highest BCUT2D eigenvalue weighted by Gasteiger charge is 2.17. The minimum atomic E-state index is -1.05. The van der Waals surface area contributed by atoms with Crippen LogP contribution < -0.4 is 10.9 Å². The molecule has 0 aliphatic heterocycles. The lowest BCUT2D eigenvalue weighted by molar-refractivity contribution is -0.141. The van der Waals surface area contributed by atoms with Crippen molar-refractivity contribution >= 4 is 11.9 Å². The second kappa shape index (κ2) is 6.58. The van der Waals surface area contributed by atoms with E-state index in [9.17, 15) is 14.4 Å². The third-order valence-corrected chi connectivity index (χ3v) is 2.52. The second-order valence-corrected chi connectivity index (χ2v) is 3.85. The molecule has 0 radical (unpaired) electrons. The summed E-state index contributed by atoms with van der Waals surface area (Å²) in [7, 11) is 0. The standard InChI is InChI=1S/C12H16N2O4/c1-2-9(12(17)18)13-10(15)6-8-14-7-4-3-5-11(14)16/h3-5,7,9H,2,6,8H2,1H3,(H,13,15)(H,17,18)/t9-/m0/s1. The molecule has 6 nitrogen and oxygen atoms in total. The average molecular weight is 252 g/mol. The molecule has 1 rings (SSSR count). The van der Waals surface area contributed by atoms with Gasteiger partial charge in [-0.15, -0.1) is 0 Å². The maximum Gasteiger partial charge on any atom is 0.326 e. The summed E-state index contributed by atoms with van der Waals surface area (Å²) in [5.41, 5.74) is -0.185. The lowest BCUT2D eigenvalue weighted by Gasteiger charge is -2.12. The minimum absolute atomic E-state index is 0.0771. The van der Waals surface area contributed by atoms with Crippen molar-refractivity contribution in [3.05, 3.63) is 34.7 Å². The lowest BCUT2D eigenvalue weighted by Crippen LogP contribution is -2.40. The predicted octanol–water partition coefficient (Wildman–Crippen LogP) is 0.218. The number of rotatable bonds is 6. The van der Waals surface area contributed by atoms with Gasteiger partial charge in [-0.3, -0.25) is 9.59 Å². The highest BCUT2D eigenvalue weighted by molar-refractivity contribution is 5.83. The van der Waals surface area contributed by atoms with Gasteiger partial charge in [-0.2, -0.15) is 0 Å². The van der Waals surface area contributed by atoms with Crippen molar-refractivity contribution in [3.63, 3.8) is 0 Å². The topological polar surface area (TPSA) is 88.4 Å². The first kappa shape index (κ1) is 14.0. The molecule has 0 aromatic carbocycles. The SMILES string of the molecule is CC[C@H](NC(=O)CCn1ccccc1=O)C(=O)O. The number of carbonyl (C=O) groups excluding carboxylic acids is 1. The number of amides is 1. The molecule has 1 amide bonds. The van der Waals surface area contributed by atoms with Crippen LogP contribution in [0.1, 0.15) is 19.8 Å². The molecule has 0 bridgehead atoms. The van der Waals surface area contributed by atoms with Crippen molar-refractivity contribution in [2.45, 2.75) is 32.4 Å². The van der Waals surface area contributed by atoms with Crippen LogP contribution in [0.3, 0.4) is 0 Å². The summed E-state index contributed by atoms with van der Waals surface area (Å²) in [4.78, 5) is 33.6. The Kier molecular flexibility index (Phi) is 5.10. The van der Waals surface area contributed by atoms with Crippen LogP contribution in [-0.4, -0.2) is 27.6 Å². The molecule has 0 aliphatic carbocycles. The molecule has 0 spiro atoms. The Balaban J connectivity index is 2.49. The molecule has 18 heavy (non-hydrogen) atoms. The zero-order chi connectivity index (χ0) is 13.5. The molecule has 1 aromatic rings. The van der Waals surface area contributed by atoms with Crippen LogP contribution in [0, 0.1) is 0 Å². The number of carbonyl (C=O) groups is 2. The summed E-state index contributed by atoms with van der Waals surface area (Å²) < 4.78 is 1.40. The number of aliphatic carboxylic acids is 1. The largest absolute Gasteiger partial charge is 0.480 e. The Morgan fingerprint density at radius 3 is 2.72 bits per heavy atom. The summed E-state index contributed by atoms with van der Waals surface area (Å²) in [5.74, 6) is -1.43. The quantitative estimate of drug-likeness (QED) is 0.758. The summed E-state index contributed by atoms with van der Waals surface area (Å²) in [6.45, 7) is 1.92. The van der Waals surface area contributed by atoms with Gasteiger partial charge in [0.25, 0.3) is 5.56 Å². The normalized spacial score (nSPS) is 11.8. The van der Waals surface area contributed by atoms with Gasteiger partial charge in [0.1, 0.15) is 6.04 Å². The number of aromatic nitrogens is 1. The number of carboxylic acids is 1. The Bertz CT molecular complexity index is 481. The van der Waals surface area contributed by atoms with E-state index in [-0.39, 0.29) is 24.4 Å². The van der Waals surface area contributed by atoms with Gasteiger partial charge in [-0.1, -0.05) is 13.0 Å².